The van der Waals surface area contributed by atoms with Crippen LogP contribution in [0.15, 0.2) is 29.6 Å². The van der Waals surface area contributed by atoms with Gasteiger partial charge < -0.3 is 10.1 Å². The molecular weight excluding hydrogens is 306 g/mol. The largest absolute Gasteiger partial charge is 0.495 e. The number of nitrogens with one attached hydrogen (secondary N) is 1. The normalized spacial score (nSPS) is 10.5. The summed E-state index contributed by atoms with van der Waals surface area (Å²) in [5.74, 6) is 1.56. The smallest absolute Gasteiger partial charge is 0.189 e. The van der Waals surface area contributed by atoms with Crippen LogP contribution in [0.2, 0.25) is 5.02 Å². The van der Waals surface area contributed by atoms with Crippen LogP contribution in [0, 0.1) is 0 Å². The summed E-state index contributed by atoms with van der Waals surface area (Å²) >= 11 is 7.67. The first-order valence-corrected chi connectivity index (χ1v) is 8.24. The molecule has 0 radical (unpaired) electrons. The molecule has 1 aromatic heterocycles. The maximum absolute atomic E-state index is 6.14. The molecule has 1 heterocycles. The average Bonchev–Trinajstić information content (AvgIpc) is 2.52. The second-order valence-electron chi connectivity index (χ2n) is 4.41. The zero-order chi connectivity index (χ0) is 15.2. The minimum absolute atomic E-state index is 0.611. The molecule has 1 N–H and O–H groups in total. The van der Waals surface area contributed by atoms with Crippen LogP contribution in [0.4, 0.5) is 5.82 Å². The van der Waals surface area contributed by atoms with Crippen molar-refractivity contribution in [1.82, 2.24) is 9.97 Å². The van der Waals surface area contributed by atoms with E-state index in [1.54, 1.807) is 7.11 Å². The molecule has 6 heteroatoms. The van der Waals surface area contributed by atoms with E-state index in [1.165, 1.54) is 11.8 Å². The highest BCUT2D eigenvalue weighted by Gasteiger charge is 2.06. The molecule has 1 aromatic carbocycles. The third-order valence-corrected chi connectivity index (χ3v) is 3.94. The third-order valence-electron chi connectivity index (χ3n) is 3.08. The second kappa shape index (κ2) is 7.52. The fraction of sp³-hybridized carbons (Fsp3) is 0.333. The van der Waals surface area contributed by atoms with E-state index in [1.807, 2.05) is 30.7 Å². The van der Waals surface area contributed by atoms with Crippen LogP contribution in [-0.4, -0.2) is 23.3 Å². The molecule has 2 aromatic rings. The Kier molecular flexibility index (Phi) is 5.70. The minimum atomic E-state index is 0.611. The first-order chi connectivity index (χ1) is 10.2. The van der Waals surface area contributed by atoms with E-state index in [4.69, 9.17) is 16.3 Å². The lowest BCUT2D eigenvalue weighted by molar-refractivity contribution is 0.415. The third kappa shape index (κ3) is 4.02. The zero-order valence-electron chi connectivity index (χ0n) is 12.3. The van der Waals surface area contributed by atoms with Crippen molar-refractivity contribution in [1.29, 1.82) is 0 Å². The van der Waals surface area contributed by atoms with Crippen LogP contribution < -0.4 is 10.1 Å². The highest BCUT2D eigenvalue weighted by molar-refractivity contribution is 7.98. The number of halogens is 1. The molecule has 2 rings (SSSR count). The van der Waals surface area contributed by atoms with Gasteiger partial charge in [-0.2, -0.15) is 0 Å². The Balaban J connectivity index is 2.13. The number of methoxy groups -OCH3 is 1. The maximum Gasteiger partial charge on any atom is 0.189 e. The maximum atomic E-state index is 6.14. The van der Waals surface area contributed by atoms with Crippen LogP contribution >= 0.6 is 23.4 Å². The lowest BCUT2D eigenvalue weighted by Crippen LogP contribution is -2.06. The fourth-order valence-electron chi connectivity index (χ4n) is 1.91. The van der Waals surface area contributed by atoms with Gasteiger partial charge in [-0.3, -0.25) is 0 Å². The Hall–Kier alpha value is -1.46. The Bertz CT molecular complexity index is 622. The van der Waals surface area contributed by atoms with Crippen molar-refractivity contribution in [3.8, 4) is 5.75 Å². The van der Waals surface area contributed by atoms with E-state index in [0.717, 1.165) is 28.5 Å². The van der Waals surface area contributed by atoms with Gasteiger partial charge in [0, 0.05) is 18.3 Å². The first-order valence-electron chi connectivity index (χ1n) is 6.64. The standard InChI is InChI=1S/C15H18ClN3OS/c1-4-11-9-18-15(21-3)19-14(11)17-8-10-5-6-13(20-2)12(16)7-10/h5-7,9H,4,8H2,1-3H3,(H,17,18,19). The van der Waals surface area contributed by atoms with Gasteiger partial charge in [0.2, 0.25) is 0 Å². The minimum Gasteiger partial charge on any atom is -0.495 e. The molecule has 0 spiro atoms. The van der Waals surface area contributed by atoms with Gasteiger partial charge >= 0.3 is 0 Å². The molecule has 0 fully saturated rings. The van der Waals surface area contributed by atoms with Gasteiger partial charge in [-0.05, 0) is 30.4 Å². The molecule has 0 aliphatic heterocycles. The first kappa shape index (κ1) is 15.9. The molecule has 0 aliphatic carbocycles. The van der Waals surface area contributed by atoms with Crippen molar-refractivity contribution in [3.63, 3.8) is 0 Å². The highest BCUT2D eigenvalue weighted by atomic mass is 35.5. The number of ether oxygens (including phenoxy) is 1. The summed E-state index contributed by atoms with van der Waals surface area (Å²) in [5.41, 5.74) is 2.18. The number of thioether (sulfide) groups is 1. The van der Waals surface area contributed by atoms with Crippen LogP contribution in [-0.2, 0) is 13.0 Å². The summed E-state index contributed by atoms with van der Waals surface area (Å²) in [7, 11) is 1.61. The van der Waals surface area contributed by atoms with Gasteiger partial charge in [0.15, 0.2) is 5.16 Å². The number of hydrogen-bond donors (Lipinski definition) is 1. The molecule has 0 unspecified atom stereocenters. The van der Waals surface area contributed by atoms with Crippen LogP contribution in [0.5, 0.6) is 5.75 Å². The Morgan fingerprint density at radius 3 is 2.81 bits per heavy atom. The zero-order valence-corrected chi connectivity index (χ0v) is 13.9. The molecule has 0 amide bonds. The summed E-state index contributed by atoms with van der Waals surface area (Å²) in [5, 5.41) is 4.73. The van der Waals surface area contributed by atoms with Crippen molar-refractivity contribution >= 4 is 29.2 Å². The number of nitrogens with zero attached hydrogens (tertiary/aromatic N) is 2. The van der Waals surface area contributed by atoms with Crippen molar-refractivity contribution in [2.24, 2.45) is 0 Å². The van der Waals surface area contributed by atoms with Gasteiger partial charge in [0.1, 0.15) is 11.6 Å². The van der Waals surface area contributed by atoms with Crippen molar-refractivity contribution in [2.45, 2.75) is 25.0 Å². The molecule has 0 aliphatic rings. The van der Waals surface area contributed by atoms with Crippen LogP contribution in [0.3, 0.4) is 0 Å². The topological polar surface area (TPSA) is 47.0 Å². The van der Waals surface area contributed by atoms with Crippen molar-refractivity contribution in [2.75, 3.05) is 18.7 Å². The Morgan fingerprint density at radius 1 is 1.38 bits per heavy atom. The van der Waals surface area contributed by atoms with Crippen molar-refractivity contribution in [3.05, 3.63) is 40.5 Å². The second-order valence-corrected chi connectivity index (χ2v) is 5.59. The Labute approximate surface area is 134 Å². The SMILES string of the molecule is CCc1cnc(SC)nc1NCc1ccc(OC)c(Cl)c1. The molecular formula is C15H18ClN3OS. The van der Waals surface area contributed by atoms with E-state index in [9.17, 15) is 0 Å². The monoisotopic (exact) mass is 323 g/mol. The van der Waals surface area contributed by atoms with Gasteiger partial charge in [0.05, 0.1) is 12.1 Å². The Morgan fingerprint density at radius 2 is 2.19 bits per heavy atom. The van der Waals surface area contributed by atoms with Gasteiger partial charge in [-0.1, -0.05) is 36.4 Å². The predicted octanol–water partition coefficient (Wildman–Crippen LogP) is 4.04. The van der Waals surface area contributed by atoms with Gasteiger partial charge in [-0.25, -0.2) is 9.97 Å². The average molecular weight is 324 g/mol. The van der Waals surface area contributed by atoms with E-state index >= 15 is 0 Å². The van der Waals surface area contributed by atoms with E-state index < -0.39 is 0 Å². The molecule has 0 saturated heterocycles. The van der Waals surface area contributed by atoms with Crippen LogP contribution in [0.1, 0.15) is 18.1 Å². The fourth-order valence-corrected chi connectivity index (χ4v) is 2.53. The molecule has 4 nitrogen and oxygen atoms in total. The number of benzene rings is 1. The summed E-state index contributed by atoms with van der Waals surface area (Å²) in [4.78, 5) is 8.81. The molecule has 0 saturated carbocycles. The molecule has 0 atom stereocenters. The summed E-state index contributed by atoms with van der Waals surface area (Å²) < 4.78 is 5.15. The lowest BCUT2D eigenvalue weighted by atomic mass is 10.2. The summed E-state index contributed by atoms with van der Waals surface area (Å²) in [6.07, 6.45) is 4.73. The predicted molar refractivity (Wildman–Crippen MR) is 88.5 cm³/mol. The van der Waals surface area contributed by atoms with Crippen LogP contribution in [0.25, 0.3) is 0 Å². The van der Waals surface area contributed by atoms with Crippen molar-refractivity contribution < 1.29 is 4.74 Å². The summed E-state index contributed by atoms with van der Waals surface area (Å²) in [6.45, 7) is 2.74. The summed E-state index contributed by atoms with van der Waals surface area (Å²) in [6, 6.07) is 5.75. The number of rotatable bonds is 6. The number of hydrogen-bond acceptors (Lipinski definition) is 5. The van der Waals surface area contributed by atoms with Gasteiger partial charge in [0.25, 0.3) is 0 Å². The number of anilines is 1. The number of aryl methyl sites for hydroxylation is 1. The lowest BCUT2D eigenvalue weighted by Gasteiger charge is -2.11. The van der Waals surface area contributed by atoms with E-state index in [-0.39, 0.29) is 0 Å². The van der Waals surface area contributed by atoms with E-state index in [2.05, 4.69) is 22.2 Å². The quantitative estimate of drug-likeness (QED) is 0.642. The molecule has 0 bridgehead atoms. The molecule has 21 heavy (non-hydrogen) atoms. The number of aromatic nitrogens is 2. The molecule has 112 valence electrons. The highest BCUT2D eigenvalue weighted by Crippen LogP contribution is 2.25. The van der Waals surface area contributed by atoms with Gasteiger partial charge in [-0.15, -0.1) is 0 Å². The van der Waals surface area contributed by atoms with E-state index in [0.29, 0.717) is 17.3 Å².